The number of nitrogens with one attached hydrogen (secondary N) is 1. The number of carbonyl (C=O) groups excluding carboxylic acids is 2. The molecule has 1 saturated heterocycles. The maximum absolute atomic E-state index is 12.8. The number of rotatable bonds is 5. The van der Waals surface area contributed by atoms with Gasteiger partial charge in [0.05, 0.1) is 22.2 Å². The summed E-state index contributed by atoms with van der Waals surface area (Å²) < 4.78 is 38.3. The van der Waals surface area contributed by atoms with E-state index in [1.165, 1.54) is 0 Å². The third-order valence-corrected chi connectivity index (χ3v) is 4.28. The summed E-state index contributed by atoms with van der Waals surface area (Å²) in [6, 6.07) is 2.73. The highest BCUT2D eigenvalue weighted by Crippen LogP contribution is 2.34. The van der Waals surface area contributed by atoms with Gasteiger partial charge in [-0.05, 0) is 32.3 Å². The second-order valence-electron chi connectivity index (χ2n) is 6.23. The molecule has 1 fully saturated rings. The van der Waals surface area contributed by atoms with Gasteiger partial charge in [0.2, 0.25) is 11.8 Å². The van der Waals surface area contributed by atoms with E-state index in [0.29, 0.717) is 13.1 Å². The Labute approximate surface area is 148 Å². The molecule has 1 aromatic carbocycles. The van der Waals surface area contributed by atoms with Crippen LogP contribution in [0.4, 0.5) is 18.9 Å². The summed E-state index contributed by atoms with van der Waals surface area (Å²) in [5.41, 5.74) is -1.01. The number of hydrogen-bond donors (Lipinski definition) is 1. The fourth-order valence-corrected chi connectivity index (χ4v) is 2.68. The molecule has 138 valence electrons. The Kier molecular flexibility index (Phi) is 5.95. The van der Waals surface area contributed by atoms with E-state index in [2.05, 4.69) is 5.32 Å². The molecule has 1 N–H and O–H groups in total. The van der Waals surface area contributed by atoms with Crippen LogP contribution in [-0.2, 0) is 15.8 Å². The lowest BCUT2D eigenvalue weighted by molar-refractivity contribution is -0.137. The molecule has 1 unspecified atom stereocenters. The van der Waals surface area contributed by atoms with Gasteiger partial charge in [0.15, 0.2) is 0 Å². The fourth-order valence-electron chi connectivity index (χ4n) is 2.52. The van der Waals surface area contributed by atoms with Crippen molar-refractivity contribution in [1.82, 2.24) is 9.80 Å². The van der Waals surface area contributed by atoms with Gasteiger partial charge in [-0.1, -0.05) is 11.6 Å². The summed E-state index contributed by atoms with van der Waals surface area (Å²) in [4.78, 5) is 27.8. The summed E-state index contributed by atoms with van der Waals surface area (Å²) in [6.07, 6.45) is -4.49. The standard InChI is InChI=1S/C16H19ClF3N3O2/c1-22(2)5-6-23-9-10(7-14(23)24)15(25)21-13-8-11(16(18,19)20)3-4-12(13)17/h3-4,8,10H,5-7,9H2,1-2H3,(H,21,25). The van der Waals surface area contributed by atoms with Gasteiger partial charge < -0.3 is 15.1 Å². The zero-order chi connectivity index (χ0) is 18.8. The van der Waals surface area contributed by atoms with E-state index in [-0.39, 0.29) is 29.6 Å². The van der Waals surface area contributed by atoms with Crippen molar-refractivity contribution in [2.24, 2.45) is 5.92 Å². The van der Waals surface area contributed by atoms with Crippen molar-refractivity contribution < 1.29 is 22.8 Å². The second kappa shape index (κ2) is 7.61. The normalized spacial score (nSPS) is 18.1. The Morgan fingerprint density at radius 2 is 2.08 bits per heavy atom. The topological polar surface area (TPSA) is 52.6 Å². The van der Waals surface area contributed by atoms with Crippen LogP contribution >= 0.6 is 11.6 Å². The number of amides is 2. The Morgan fingerprint density at radius 3 is 2.68 bits per heavy atom. The van der Waals surface area contributed by atoms with Gasteiger partial charge in [0.1, 0.15) is 0 Å². The smallest absolute Gasteiger partial charge is 0.341 e. The molecule has 1 aliphatic rings. The van der Waals surface area contributed by atoms with Gasteiger partial charge >= 0.3 is 6.18 Å². The zero-order valence-corrected chi connectivity index (χ0v) is 14.6. The maximum atomic E-state index is 12.8. The Bertz CT molecular complexity index is 665. The minimum Gasteiger partial charge on any atom is -0.341 e. The van der Waals surface area contributed by atoms with Gasteiger partial charge in [-0.25, -0.2) is 0 Å². The molecular formula is C16H19ClF3N3O2. The van der Waals surface area contributed by atoms with Crippen LogP contribution in [0.1, 0.15) is 12.0 Å². The average Bonchev–Trinajstić information content (AvgIpc) is 2.87. The summed E-state index contributed by atoms with van der Waals surface area (Å²) in [5.74, 6) is -1.26. The molecule has 0 radical (unpaired) electrons. The molecule has 0 aromatic heterocycles. The molecule has 0 bridgehead atoms. The first-order chi connectivity index (χ1) is 11.6. The maximum Gasteiger partial charge on any atom is 0.416 e. The number of nitrogens with zero attached hydrogens (tertiary/aromatic N) is 2. The van der Waals surface area contributed by atoms with Crippen molar-refractivity contribution in [3.8, 4) is 0 Å². The van der Waals surface area contributed by atoms with Crippen LogP contribution < -0.4 is 5.32 Å². The number of carbonyl (C=O) groups is 2. The van der Waals surface area contributed by atoms with Gasteiger partial charge in [-0.3, -0.25) is 9.59 Å². The minimum atomic E-state index is -4.53. The van der Waals surface area contributed by atoms with Crippen molar-refractivity contribution >= 4 is 29.1 Å². The SMILES string of the molecule is CN(C)CCN1CC(C(=O)Nc2cc(C(F)(F)F)ccc2Cl)CC1=O. The first-order valence-corrected chi connectivity index (χ1v) is 8.06. The molecule has 1 atom stereocenters. The van der Waals surface area contributed by atoms with Crippen LogP contribution in [0.15, 0.2) is 18.2 Å². The first kappa shape index (κ1) is 19.5. The molecule has 0 spiro atoms. The highest BCUT2D eigenvalue weighted by Gasteiger charge is 2.35. The average molecular weight is 378 g/mol. The number of likely N-dealkylation sites (tertiary alicyclic amines) is 1. The van der Waals surface area contributed by atoms with Crippen LogP contribution in [-0.4, -0.2) is 55.3 Å². The number of halogens is 4. The van der Waals surface area contributed by atoms with Gasteiger partial charge in [0.25, 0.3) is 0 Å². The lowest BCUT2D eigenvalue weighted by Gasteiger charge is -2.19. The van der Waals surface area contributed by atoms with Crippen LogP contribution in [0.5, 0.6) is 0 Å². The molecule has 9 heteroatoms. The van der Waals surface area contributed by atoms with Crippen LogP contribution in [0, 0.1) is 5.92 Å². The largest absolute Gasteiger partial charge is 0.416 e. The van der Waals surface area contributed by atoms with Crippen LogP contribution in [0.2, 0.25) is 5.02 Å². The molecule has 2 rings (SSSR count). The zero-order valence-electron chi connectivity index (χ0n) is 13.9. The lowest BCUT2D eigenvalue weighted by atomic mass is 10.1. The van der Waals surface area contributed by atoms with E-state index in [1.807, 2.05) is 19.0 Å². The first-order valence-electron chi connectivity index (χ1n) is 7.68. The monoisotopic (exact) mass is 377 g/mol. The van der Waals surface area contributed by atoms with Crippen molar-refractivity contribution in [2.75, 3.05) is 39.0 Å². The fraction of sp³-hybridized carbons (Fsp3) is 0.500. The number of benzene rings is 1. The number of anilines is 1. The lowest BCUT2D eigenvalue weighted by Crippen LogP contribution is -2.34. The molecule has 1 heterocycles. The molecular weight excluding hydrogens is 359 g/mol. The number of likely N-dealkylation sites (N-methyl/N-ethyl adjacent to an activating group) is 1. The van der Waals surface area contributed by atoms with Crippen LogP contribution in [0.25, 0.3) is 0 Å². The van der Waals surface area contributed by atoms with E-state index in [1.54, 1.807) is 4.90 Å². The molecule has 1 aliphatic heterocycles. The predicted octanol–water partition coefficient (Wildman–Crippen LogP) is 2.71. The van der Waals surface area contributed by atoms with Crippen molar-refractivity contribution in [1.29, 1.82) is 0 Å². The molecule has 5 nitrogen and oxygen atoms in total. The van der Waals surface area contributed by atoms with Gasteiger partial charge in [-0.2, -0.15) is 13.2 Å². The second-order valence-corrected chi connectivity index (χ2v) is 6.63. The Balaban J connectivity index is 2.04. The molecule has 1 aromatic rings. The van der Waals surface area contributed by atoms with Crippen molar-refractivity contribution in [3.63, 3.8) is 0 Å². The minimum absolute atomic E-state index is 0.00939. The van der Waals surface area contributed by atoms with E-state index in [0.717, 1.165) is 18.2 Å². The summed E-state index contributed by atoms with van der Waals surface area (Å²) >= 11 is 5.87. The van der Waals surface area contributed by atoms with Gasteiger partial charge in [-0.15, -0.1) is 0 Å². The van der Waals surface area contributed by atoms with Gasteiger partial charge in [0, 0.05) is 26.1 Å². The van der Waals surface area contributed by atoms with Crippen molar-refractivity contribution in [3.05, 3.63) is 28.8 Å². The summed E-state index contributed by atoms with van der Waals surface area (Å²) in [6.45, 7) is 1.41. The molecule has 2 amide bonds. The van der Waals surface area contributed by atoms with E-state index < -0.39 is 23.6 Å². The van der Waals surface area contributed by atoms with E-state index in [4.69, 9.17) is 11.6 Å². The highest BCUT2D eigenvalue weighted by molar-refractivity contribution is 6.33. The Hall–Kier alpha value is -1.80. The number of hydrogen-bond acceptors (Lipinski definition) is 3. The third-order valence-electron chi connectivity index (χ3n) is 3.95. The molecule has 25 heavy (non-hydrogen) atoms. The molecule has 0 aliphatic carbocycles. The summed E-state index contributed by atoms with van der Waals surface area (Å²) in [7, 11) is 3.75. The van der Waals surface area contributed by atoms with Crippen LogP contribution in [0.3, 0.4) is 0 Å². The van der Waals surface area contributed by atoms with Crippen molar-refractivity contribution in [2.45, 2.75) is 12.6 Å². The predicted molar refractivity (Wildman–Crippen MR) is 88.3 cm³/mol. The quantitative estimate of drug-likeness (QED) is 0.858. The third kappa shape index (κ3) is 5.09. The van der Waals surface area contributed by atoms with E-state index in [9.17, 15) is 22.8 Å². The highest BCUT2D eigenvalue weighted by atomic mass is 35.5. The number of alkyl halides is 3. The Morgan fingerprint density at radius 1 is 1.40 bits per heavy atom. The molecule has 0 saturated carbocycles. The van der Waals surface area contributed by atoms with E-state index >= 15 is 0 Å². The summed E-state index contributed by atoms with van der Waals surface area (Å²) in [5, 5.41) is 2.42.